The monoisotopic (exact) mass is 495 g/mol. The van der Waals surface area contributed by atoms with Crippen LogP contribution < -0.4 is 14.4 Å². The van der Waals surface area contributed by atoms with Crippen LogP contribution in [0, 0.1) is 10.1 Å². The number of aliphatic imine (C=N–C) groups is 1. The molecule has 9 heteroatoms. The molecule has 3 aromatic rings. The topological polar surface area (TPSA) is 86.4 Å². The van der Waals surface area contributed by atoms with Gasteiger partial charge in [0.1, 0.15) is 6.61 Å². The molecule has 0 aliphatic carbocycles. The highest BCUT2D eigenvalue weighted by atomic mass is 35.5. The Labute approximate surface area is 208 Å². The fourth-order valence-electron chi connectivity index (χ4n) is 3.66. The second kappa shape index (κ2) is 11.7. The van der Waals surface area contributed by atoms with Crippen molar-refractivity contribution in [3.05, 3.63) is 86.9 Å². The summed E-state index contributed by atoms with van der Waals surface area (Å²) in [7, 11) is 0. The molecule has 35 heavy (non-hydrogen) atoms. The first-order chi connectivity index (χ1) is 17.0. The van der Waals surface area contributed by atoms with Crippen LogP contribution >= 0.6 is 11.6 Å². The van der Waals surface area contributed by atoms with E-state index in [2.05, 4.69) is 22.0 Å². The molecule has 1 aliphatic heterocycles. The van der Waals surface area contributed by atoms with Crippen molar-refractivity contribution in [1.29, 1.82) is 0 Å². The molecule has 0 unspecified atom stereocenters. The number of benzene rings is 3. The third kappa shape index (κ3) is 6.49. The van der Waals surface area contributed by atoms with Crippen molar-refractivity contribution in [2.24, 2.45) is 4.99 Å². The Morgan fingerprint density at radius 2 is 1.80 bits per heavy atom. The highest BCUT2D eigenvalue weighted by Gasteiger charge is 2.14. The van der Waals surface area contributed by atoms with Crippen molar-refractivity contribution >= 4 is 34.9 Å². The van der Waals surface area contributed by atoms with Crippen molar-refractivity contribution in [1.82, 2.24) is 0 Å². The lowest BCUT2D eigenvalue weighted by atomic mass is 10.2. The molecule has 1 saturated heterocycles. The molecule has 0 N–H and O–H groups in total. The van der Waals surface area contributed by atoms with Crippen LogP contribution in [0.2, 0.25) is 5.02 Å². The summed E-state index contributed by atoms with van der Waals surface area (Å²) in [6.07, 6.45) is 1.73. The lowest BCUT2D eigenvalue weighted by molar-refractivity contribution is -0.384. The zero-order chi connectivity index (χ0) is 24.6. The van der Waals surface area contributed by atoms with Crippen LogP contribution in [0.5, 0.6) is 11.5 Å². The quantitative estimate of drug-likeness (QED) is 0.211. The molecule has 182 valence electrons. The molecule has 0 radical (unpaired) electrons. The van der Waals surface area contributed by atoms with Crippen LogP contribution in [0.25, 0.3) is 0 Å². The number of hydrogen-bond acceptors (Lipinski definition) is 7. The first-order valence-electron chi connectivity index (χ1n) is 11.3. The lowest BCUT2D eigenvalue weighted by Gasteiger charge is -2.28. The van der Waals surface area contributed by atoms with E-state index in [9.17, 15) is 10.1 Å². The van der Waals surface area contributed by atoms with Gasteiger partial charge in [-0.1, -0.05) is 11.6 Å². The number of rotatable bonds is 9. The van der Waals surface area contributed by atoms with Crippen molar-refractivity contribution in [3.63, 3.8) is 0 Å². The fourth-order valence-corrected chi connectivity index (χ4v) is 3.93. The van der Waals surface area contributed by atoms with E-state index in [1.54, 1.807) is 24.4 Å². The summed E-state index contributed by atoms with van der Waals surface area (Å²) in [6.45, 7) is 5.78. The van der Waals surface area contributed by atoms with E-state index in [-0.39, 0.29) is 12.3 Å². The average Bonchev–Trinajstić information content (AvgIpc) is 2.88. The summed E-state index contributed by atoms with van der Waals surface area (Å²) >= 11 is 6.52. The minimum absolute atomic E-state index is 0.0289. The molecule has 4 rings (SSSR count). The van der Waals surface area contributed by atoms with Gasteiger partial charge in [0.05, 0.1) is 35.5 Å². The predicted molar refractivity (Wildman–Crippen MR) is 137 cm³/mol. The number of anilines is 1. The largest absolute Gasteiger partial charge is 0.490 e. The molecule has 1 fully saturated rings. The number of nitro benzene ring substituents is 1. The van der Waals surface area contributed by atoms with Crippen molar-refractivity contribution in [3.8, 4) is 11.5 Å². The summed E-state index contributed by atoms with van der Waals surface area (Å²) in [4.78, 5) is 17.3. The molecule has 3 aromatic carbocycles. The minimum atomic E-state index is -0.437. The normalized spacial score (nSPS) is 13.7. The smallest absolute Gasteiger partial charge is 0.269 e. The summed E-state index contributed by atoms with van der Waals surface area (Å²) in [6, 6.07) is 17.9. The number of non-ortho nitro benzene ring substituents is 1. The van der Waals surface area contributed by atoms with E-state index in [0.717, 1.165) is 48.8 Å². The van der Waals surface area contributed by atoms with E-state index in [0.29, 0.717) is 23.1 Å². The highest BCUT2D eigenvalue weighted by Crippen LogP contribution is 2.37. The Morgan fingerprint density at radius 1 is 1.09 bits per heavy atom. The highest BCUT2D eigenvalue weighted by molar-refractivity contribution is 6.32. The number of nitro groups is 1. The van der Waals surface area contributed by atoms with Crippen LogP contribution in [0.15, 0.2) is 65.7 Å². The molecule has 0 atom stereocenters. The zero-order valence-electron chi connectivity index (χ0n) is 19.4. The molecular weight excluding hydrogens is 470 g/mol. The van der Waals surface area contributed by atoms with Gasteiger partial charge in [-0.15, -0.1) is 0 Å². The van der Waals surface area contributed by atoms with Gasteiger partial charge >= 0.3 is 0 Å². The maximum atomic E-state index is 10.8. The molecule has 0 saturated carbocycles. The van der Waals surface area contributed by atoms with Gasteiger partial charge in [-0.25, -0.2) is 0 Å². The third-order valence-electron chi connectivity index (χ3n) is 5.45. The summed E-state index contributed by atoms with van der Waals surface area (Å²) in [5, 5.41) is 11.2. The van der Waals surface area contributed by atoms with Crippen molar-refractivity contribution < 1.29 is 19.1 Å². The maximum Gasteiger partial charge on any atom is 0.269 e. The fraction of sp³-hybridized carbons (Fsp3) is 0.269. The van der Waals surface area contributed by atoms with Gasteiger partial charge in [0, 0.05) is 37.1 Å². The van der Waals surface area contributed by atoms with Gasteiger partial charge in [0.25, 0.3) is 5.69 Å². The second-order valence-corrected chi connectivity index (χ2v) is 8.26. The molecular formula is C26H26ClN3O5. The molecule has 0 bridgehead atoms. The maximum absolute atomic E-state index is 10.8. The predicted octanol–water partition coefficient (Wildman–Crippen LogP) is 5.81. The van der Waals surface area contributed by atoms with Gasteiger partial charge in [-0.2, -0.15) is 0 Å². The third-order valence-corrected chi connectivity index (χ3v) is 5.73. The molecule has 0 spiro atoms. The van der Waals surface area contributed by atoms with Gasteiger partial charge < -0.3 is 19.1 Å². The van der Waals surface area contributed by atoms with Crippen LogP contribution in [-0.2, 0) is 11.3 Å². The number of ether oxygens (including phenoxy) is 3. The number of halogens is 1. The van der Waals surface area contributed by atoms with E-state index < -0.39 is 4.92 Å². The lowest BCUT2D eigenvalue weighted by Crippen LogP contribution is -2.36. The Balaban J connectivity index is 1.46. The van der Waals surface area contributed by atoms with Crippen LogP contribution in [-0.4, -0.2) is 44.0 Å². The van der Waals surface area contributed by atoms with E-state index in [1.165, 1.54) is 12.1 Å². The summed E-state index contributed by atoms with van der Waals surface area (Å²) in [5.41, 5.74) is 3.57. The zero-order valence-corrected chi connectivity index (χ0v) is 20.1. The van der Waals surface area contributed by atoms with Crippen LogP contribution in [0.3, 0.4) is 0 Å². The Bertz CT molecular complexity index is 1180. The number of morpholine rings is 1. The van der Waals surface area contributed by atoms with Gasteiger partial charge in [0.15, 0.2) is 11.5 Å². The van der Waals surface area contributed by atoms with E-state index in [4.69, 9.17) is 25.8 Å². The van der Waals surface area contributed by atoms with Crippen LogP contribution in [0.4, 0.5) is 17.1 Å². The Hall–Kier alpha value is -3.62. The molecule has 0 amide bonds. The average molecular weight is 496 g/mol. The van der Waals surface area contributed by atoms with Gasteiger partial charge in [0.2, 0.25) is 0 Å². The Kier molecular flexibility index (Phi) is 8.18. The first kappa shape index (κ1) is 24.5. The van der Waals surface area contributed by atoms with Crippen LogP contribution in [0.1, 0.15) is 18.1 Å². The number of hydrogen-bond donors (Lipinski definition) is 0. The summed E-state index contributed by atoms with van der Waals surface area (Å²) in [5.74, 6) is 0.921. The summed E-state index contributed by atoms with van der Waals surface area (Å²) < 4.78 is 17.1. The van der Waals surface area contributed by atoms with E-state index >= 15 is 0 Å². The molecule has 0 aromatic heterocycles. The molecule has 8 nitrogen and oxygen atoms in total. The van der Waals surface area contributed by atoms with Gasteiger partial charge in [-0.3, -0.25) is 15.1 Å². The second-order valence-electron chi connectivity index (χ2n) is 7.85. The standard InChI is InChI=1S/C26H26ClN3O5/c1-2-34-25-16-20(17-28-21-5-9-22(10-6-21)29-11-13-33-14-12-29)15-24(27)26(25)35-18-19-3-7-23(8-4-19)30(31)32/h3-10,15-17H,2,11-14,18H2,1H3. The van der Waals surface area contributed by atoms with E-state index in [1.807, 2.05) is 25.1 Å². The SMILES string of the molecule is CCOc1cc(C=Nc2ccc(N3CCOCC3)cc2)cc(Cl)c1OCc1ccc([N+](=O)[O-])cc1. The Morgan fingerprint density at radius 3 is 2.46 bits per heavy atom. The molecule has 1 aliphatic rings. The number of nitrogens with zero attached hydrogens (tertiary/aromatic N) is 3. The van der Waals surface area contributed by atoms with Crippen molar-refractivity contribution in [2.75, 3.05) is 37.8 Å². The minimum Gasteiger partial charge on any atom is -0.490 e. The van der Waals surface area contributed by atoms with Gasteiger partial charge in [-0.05, 0) is 66.6 Å². The first-order valence-corrected chi connectivity index (χ1v) is 11.7. The molecule has 1 heterocycles. The van der Waals surface area contributed by atoms with Crippen molar-refractivity contribution in [2.45, 2.75) is 13.5 Å².